The Hall–Kier alpha value is -2.12. The molecule has 31 heavy (non-hydrogen) atoms. The third-order valence-electron chi connectivity index (χ3n) is 8.26. The summed E-state index contributed by atoms with van der Waals surface area (Å²) in [4.78, 5) is 31.4. The molecule has 0 aromatic heterocycles. The zero-order valence-corrected chi connectivity index (χ0v) is 19.1. The summed E-state index contributed by atoms with van der Waals surface area (Å²) in [5, 5.41) is 22.3. The van der Waals surface area contributed by atoms with Crippen molar-refractivity contribution in [2.24, 2.45) is 5.92 Å². The summed E-state index contributed by atoms with van der Waals surface area (Å²) in [5.41, 5.74) is 0.589. The van der Waals surface area contributed by atoms with E-state index in [1.165, 1.54) is 4.90 Å². The van der Waals surface area contributed by atoms with Gasteiger partial charge in [0.05, 0.1) is 5.60 Å². The van der Waals surface area contributed by atoms with Crippen molar-refractivity contribution in [1.29, 1.82) is 0 Å². The molecule has 2 N–H and O–H groups in total. The molecule has 7 heteroatoms. The van der Waals surface area contributed by atoms with E-state index < -0.39 is 11.0 Å². The first-order valence-corrected chi connectivity index (χ1v) is 11.5. The molecule has 7 nitrogen and oxygen atoms in total. The molecule has 2 fully saturated rings. The van der Waals surface area contributed by atoms with E-state index in [1.807, 2.05) is 19.9 Å². The lowest BCUT2D eigenvalue weighted by molar-refractivity contribution is -0.174. The second-order valence-electron chi connectivity index (χ2n) is 9.62. The van der Waals surface area contributed by atoms with Gasteiger partial charge in [-0.25, -0.2) is 4.79 Å². The Morgan fingerprint density at radius 1 is 1.23 bits per heavy atom. The molecular weight excluding hydrogens is 394 g/mol. The Morgan fingerprint density at radius 3 is 2.65 bits per heavy atom. The van der Waals surface area contributed by atoms with Crippen molar-refractivity contribution < 1.29 is 19.8 Å². The highest BCUT2D eigenvalue weighted by Crippen LogP contribution is 2.59. The highest BCUT2D eigenvalue weighted by molar-refractivity contribution is 5.95. The molecule has 1 aliphatic heterocycles. The smallest absolute Gasteiger partial charge is 0.326 e. The monoisotopic (exact) mass is 429 g/mol. The first-order valence-electron chi connectivity index (χ1n) is 11.5. The van der Waals surface area contributed by atoms with Crippen LogP contribution in [0.1, 0.15) is 50.7 Å². The number of hydrogen-bond donors (Lipinski definition) is 2. The number of imide groups is 1. The van der Waals surface area contributed by atoms with Crippen LogP contribution in [0.2, 0.25) is 0 Å². The van der Waals surface area contributed by atoms with Crippen molar-refractivity contribution in [2.45, 2.75) is 63.0 Å². The van der Waals surface area contributed by atoms with Gasteiger partial charge in [-0.2, -0.15) is 0 Å². The fourth-order valence-corrected chi connectivity index (χ4v) is 6.38. The number of carbonyl (C=O) groups excluding carboxylic acids is 2. The summed E-state index contributed by atoms with van der Waals surface area (Å²) in [6.07, 6.45) is 3.05. The zero-order valence-electron chi connectivity index (χ0n) is 19.1. The van der Waals surface area contributed by atoms with Crippen LogP contribution in [0, 0.1) is 5.92 Å². The number of carbonyl (C=O) groups is 2. The molecule has 2 aliphatic carbocycles. The number of likely N-dealkylation sites (tertiary alicyclic amines) is 1. The third kappa shape index (κ3) is 3.16. The van der Waals surface area contributed by atoms with Gasteiger partial charge in [0.25, 0.3) is 0 Å². The molecule has 1 aromatic carbocycles. The fourth-order valence-electron chi connectivity index (χ4n) is 6.38. The van der Waals surface area contributed by atoms with Gasteiger partial charge in [0.15, 0.2) is 0 Å². The minimum Gasteiger partial charge on any atom is -0.508 e. The van der Waals surface area contributed by atoms with Crippen molar-refractivity contribution in [3.8, 4) is 5.75 Å². The van der Waals surface area contributed by atoms with Gasteiger partial charge in [-0.1, -0.05) is 6.07 Å². The molecule has 0 radical (unpaired) electrons. The lowest BCUT2D eigenvalue weighted by Gasteiger charge is -2.64. The van der Waals surface area contributed by atoms with Crippen LogP contribution < -0.4 is 0 Å². The Balaban J connectivity index is 1.73. The standard InChI is InChI=1S/C24H35N3O4/c1-5-25(3)22(30)27(6-2)21(29)17-9-10-24(31)20-13-16-7-8-18(28)14-19(16)23(24,15-17)11-12-26(20)4/h7-8,14,17,20,28,31H,5-6,9-13,15H2,1-4H3. The van der Waals surface area contributed by atoms with Crippen molar-refractivity contribution >= 4 is 11.9 Å². The maximum Gasteiger partial charge on any atom is 0.326 e. The molecule has 4 unspecified atom stereocenters. The van der Waals surface area contributed by atoms with Gasteiger partial charge in [0, 0.05) is 37.5 Å². The Kier molecular flexibility index (Phi) is 5.54. The summed E-state index contributed by atoms with van der Waals surface area (Å²) in [6.45, 7) is 5.42. The van der Waals surface area contributed by atoms with Crippen molar-refractivity contribution in [1.82, 2.24) is 14.7 Å². The number of aromatic hydroxyl groups is 1. The third-order valence-corrected chi connectivity index (χ3v) is 8.26. The van der Waals surface area contributed by atoms with Gasteiger partial charge < -0.3 is 20.0 Å². The number of phenols is 1. The average Bonchev–Trinajstić information content (AvgIpc) is 2.76. The highest BCUT2D eigenvalue weighted by Gasteiger charge is 2.64. The SMILES string of the molecule is CCN(C)C(=O)N(CC)C(=O)C1CCC2(O)C3Cc4ccc(O)cc4C2(CCN3C)C1. The molecule has 4 atom stereocenters. The van der Waals surface area contributed by atoms with E-state index in [0.29, 0.717) is 32.4 Å². The predicted molar refractivity (Wildman–Crippen MR) is 118 cm³/mol. The second-order valence-corrected chi connectivity index (χ2v) is 9.62. The van der Waals surface area contributed by atoms with Crippen LogP contribution in [0.25, 0.3) is 0 Å². The number of phenolic OH excluding ortho intramolecular Hbond substituents is 1. The quantitative estimate of drug-likeness (QED) is 0.771. The number of piperidine rings is 1. The van der Waals surface area contributed by atoms with E-state index in [4.69, 9.17) is 0 Å². The molecule has 2 bridgehead atoms. The average molecular weight is 430 g/mol. The van der Waals surface area contributed by atoms with Gasteiger partial charge in [-0.15, -0.1) is 0 Å². The lowest BCUT2D eigenvalue weighted by Crippen LogP contribution is -2.73. The van der Waals surface area contributed by atoms with Crippen LogP contribution >= 0.6 is 0 Å². The van der Waals surface area contributed by atoms with Crippen LogP contribution in [0.3, 0.4) is 0 Å². The van der Waals surface area contributed by atoms with Gasteiger partial charge in [-0.3, -0.25) is 9.69 Å². The van der Waals surface area contributed by atoms with Crippen molar-refractivity contribution in [3.63, 3.8) is 0 Å². The molecule has 0 spiro atoms. The van der Waals surface area contributed by atoms with Gasteiger partial charge in [0.2, 0.25) is 5.91 Å². The van der Waals surface area contributed by atoms with E-state index in [9.17, 15) is 19.8 Å². The van der Waals surface area contributed by atoms with Gasteiger partial charge in [0.1, 0.15) is 5.75 Å². The number of fused-ring (bicyclic) bond motifs is 1. The number of rotatable bonds is 3. The maximum atomic E-state index is 13.5. The summed E-state index contributed by atoms with van der Waals surface area (Å²) in [7, 11) is 3.77. The van der Waals surface area contributed by atoms with E-state index in [-0.39, 0.29) is 29.6 Å². The Labute approximate surface area is 184 Å². The van der Waals surface area contributed by atoms with E-state index in [0.717, 1.165) is 30.5 Å². The van der Waals surface area contributed by atoms with Crippen LogP contribution in [0.15, 0.2) is 18.2 Å². The largest absolute Gasteiger partial charge is 0.508 e. The minimum atomic E-state index is -0.946. The number of benzene rings is 1. The molecular formula is C24H35N3O4. The van der Waals surface area contributed by atoms with E-state index in [2.05, 4.69) is 11.9 Å². The van der Waals surface area contributed by atoms with Gasteiger partial charge >= 0.3 is 6.03 Å². The predicted octanol–water partition coefficient (Wildman–Crippen LogP) is 2.34. The normalized spacial score (nSPS) is 32.0. The molecule has 1 heterocycles. The lowest BCUT2D eigenvalue weighted by atomic mass is 9.48. The number of likely N-dealkylation sites (N-methyl/N-ethyl adjacent to an activating group) is 1. The second kappa shape index (κ2) is 7.78. The Bertz CT molecular complexity index is 890. The summed E-state index contributed by atoms with van der Waals surface area (Å²) >= 11 is 0. The molecule has 3 aliphatic rings. The van der Waals surface area contributed by atoms with Gasteiger partial charge in [-0.05, 0) is 82.8 Å². The van der Waals surface area contributed by atoms with Crippen LogP contribution in [-0.4, -0.2) is 82.2 Å². The molecule has 4 rings (SSSR count). The summed E-state index contributed by atoms with van der Waals surface area (Å²) in [6, 6.07) is 5.18. The number of amides is 3. The topological polar surface area (TPSA) is 84.3 Å². The van der Waals surface area contributed by atoms with E-state index in [1.54, 1.807) is 24.1 Å². The summed E-state index contributed by atoms with van der Waals surface area (Å²) in [5.74, 6) is -0.282. The number of aliphatic hydroxyl groups is 1. The fraction of sp³-hybridized carbons (Fsp3) is 0.667. The first kappa shape index (κ1) is 22.1. The number of nitrogens with zero attached hydrogens (tertiary/aromatic N) is 3. The molecule has 1 saturated carbocycles. The van der Waals surface area contributed by atoms with Crippen LogP contribution in [-0.2, 0) is 16.6 Å². The van der Waals surface area contributed by atoms with E-state index >= 15 is 0 Å². The number of hydrogen-bond acceptors (Lipinski definition) is 5. The first-order chi connectivity index (χ1) is 14.7. The highest BCUT2D eigenvalue weighted by atomic mass is 16.3. The van der Waals surface area contributed by atoms with Crippen LogP contribution in [0.5, 0.6) is 5.75 Å². The number of urea groups is 1. The molecule has 3 amide bonds. The van der Waals surface area contributed by atoms with Crippen molar-refractivity contribution in [2.75, 3.05) is 33.7 Å². The minimum absolute atomic E-state index is 0.00974. The molecule has 1 aromatic rings. The Morgan fingerprint density at radius 2 is 1.97 bits per heavy atom. The summed E-state index contributed by atoms with van der Waals surface area (Å²) < 4.78 is 0. The zero-order chi connectivity index (χ0) is 22.6. The van der Waals surface area contributed by atoms with Crippen LogP contribution in [0.4, 0.5) is 4.79 Å². The molecule has 1 saturated heterocycles. The van der Waals surface area contributed by atoms with Crippen molar-refractivity contribution in [3.05, 3.63) is 29.3 Å². The maximum absolute atomic E-state index is 13.5. The molecule has 170 valence electrons.